The van der Waals surface area contributed by atoms with Crippen LogP contribution in [-0.2, 0) is 19.4 Å². The van der Waals surface area contributed by atoms with Gasteiger partial charge in [0.05, 0.1) is 12.2 Å². The summed E-state index contributed by atoms with van der Waals surface area (Å²) in [4.78, 5) is 17.9. The summed E-state index contributed by atoms with van der Waals surface area (Å²) < 4.78 is 5.23. The second-order valence-corrected chi connectivity index (χ2v) is 4.74. The molecule has 0 aliphatic heterocycles. The van der Waals surface area contributed by atoms with E-state index in [2.05, 4.69) is 20.3 Å². The molecule has 100 valence electrons. The van der Waals surface area contributed by atoms with Crippen LogP contribution in [0.3, 0.4) is 0 Å². The van der Waals surface area contributed by atoms with Gasteiger partial charge in [0.15, 0.2) is 0 Å². The number of hydrogen-bond donors (Lipinski definition) is 1. The molecule has 0 bridgehead atoms. The second-order valence-electron chi connectivity index (χ2n) is 4.74. The van der Waals surface area contributed by atoms with E-state index in [0.717, 1.165) is 36.9 Å². The highest BCUT2D eigenvalue weighted by Gasteiger charge is 2.26. The van der Waals surface area contributed by atoms with Gasteiger partial charge in [-0.1, -0.05) is 5.16 Å². The van der Waals surface area contributed by atoms with Crippen LogP contribution in [-0.4, -0.2) is 38.2 Å². The van der Waals surface area contributed by atoms with Gasteiger partial charge in [0, 0.05) is 12.6 Å². The van der Waals surface area contributed by atoms with Crippen molar-refractivity contribution in [2.75, 3.05) is 7.05 Å². The minimum absolute atomic E-state index is 0.160. The fraction of sp³-hybridized carbons (Fsp3) is 0.500. The number of aromatic nitrogens is 4. The summed E-state index contributed by atoms with van der Waals surface area (Å²) in [5, 5.41) is 10.5. The topological polar surface area (TPSA) is 87.9 Å². The van der Waals surface area contributed by atoms with E-state index in [0.29, 0.717) is 18.1 Å². The smallest absolute Gasteiger partial charge is 0.292 e. The summed E-state index contributed by atoms with van der Waals surface area (Å²) in [6.45, 7) is 0.369. The molecule has 0 saturated carbocycles. The quantitative estimate of drug-likeness (QED) is 0.888. The lowest BCUT2D eigenvalue weighted by Gasteiger charge is -2.15. The van der Waals surface area contributed by atoms with E-state index in [9.17, 15) is 4.79 Å². The van der Waals surface area contributed by atoms with Crippen LogP contribution in [0.15, 0.2) is 10.9 Å². The van der Waals surface area contributed by atoms with E-state index in [4.69, 9.17) is 4.52 Å². The number of hydrogen-bond acceptors (Lipinski definition) is 5. The third kappa shape index (κ3) is 2.23. The van der Waals surface area contributed by atoms with Crippen molar-refractivity contribution in [1.29, 1.82) is 0 Å². The monoisotopic (exact) mass is 261 g/mol. The molecule has 2 aromatic rings. The van der Waals surface area contributed by atoms with E-state index in [1.54, 1.807) is 11.9 Å². The predicted octanol–water partition coefficient (Wildman–Crippen LogP) is 0.944. The van der Waals surface area contributed by atoms with Crippen LogP contribution in [0.1, 0.15) is 40.5 Å². The molecule has 1 aliphatic carbocycles. The average Bonchev–Trinajstić information content (AvgIpc) is 3.06. The molecule has 0 radical (unpaired) electrons. The van der Waals surface area contributed by atoms with Crippen molar-refractivity contribution in [2.45, 2.75) is 32.2 Å². The van der Waals surface area contributed by atoms with E-state index in [-0.39, 0.29) is 5.91 Å². The van der Waals surface area contributed by atoms with E-state index in [1.807, 2.05) is 0 Å². The lowest BCUT2D eigenvalue weighted by atomic mass is 9.96. The van der Waals surface area contributed by atoms with Crippen LogP contribution in [0.2, 0.25) is 0 Å². The number of carbonyl (C=O) groups excluding carboxylic acids is 1. The first kappa shape index (κ1) is 11.9. The Bertz CT molecular complexity index is 575. The van der Waals surface area contributed by atoms with Gasteiger partial charge in [-0.2, -0.15) is 5.10 Å². The van der Waals surface area contributed by atoms with Gasteiger partial charge in [-0.05, 0) is 25.7 Å². The van der Waals surface area contributed by atoms with Gasteiger partial charge in [0.25, 0.3) is 5.91 Å². The molecule has 0 saturated heterocycles. The van der Waals surface area contributed by atoms with Crippen LogP contribution >= 0.6 is 0 Å². The molecule has 2 aromatic heterocycles. The van der Waals surface area contributed by atoms with Crippen molar-refractivity contribution < 1.29 is 9.32 Å². The van der Waals surface area contributed by atoms with E-state index < -0.39 is 0 Å². The Kier molecular flexibility index (Phi) is 3.02. The maximum atomic E-state index is 12.3. The van der Waals surface area contributed by atoms with Crippen LogP contribution < -0.4 is 0 Å². The highest BCUT2D eigenvalue weighted by molar-refractivity contribution is 5.92. The van der Waals surface area contributed by atoms with Gasteiger partial charge in [0.1, 0.15) is 12.2 Å². The van der Waals surface area contributed by atoms with Gasteiger partial charge >= 0.3 is 0 Å². The molecule has 1 N–H and O–H groups in total. The zero-order chi connectivity index (χ0) is 13.2. The summed E-state index contributed by atoms with van der Waals surface area (Å²) in [5.74, 6) is 0.855. The molecule has 0 unspecified atom stereocenters. The average molecular weight is 261 g/mol. The third-order valence-corrected chi connectivity index (χ3v) is 3.35. The third-order valence-electron chi connectivity index (χ3n) is 3.35. The molecule has 7 heteroatoms. The van der Waals surface area contributed by atoms with Crippen molar-refractivity contribution in [3.8, 4) is 0 Å². The molecule has 1 amide bonds. The van der Waals surface area contributed by atoms with Crippen molar-refractivity contribution in [3.63, 3.8) is 0 Å². The van der Waals surface area contributed by atoms with Gasteiger partial charge in [0.2, 0.25) is 5.76 Å². The second kappa shape index (κ2) is 4.83. The first-order chi connectivity index (χ1) is 9.25. The number of nitrogens with one attached hydrogen (secondary N) is 1. The van der Waals surface area contributed by atoms with Crippen LogP contribution in [0.25, 0.3) is 0 Å². The van der Waals surface area contributed by atoms with Crippen molar-refractivity contribution >= 4 is 5.91 Å². The van der Waals surface area contributed by atoms with Crippen molar-refractivity contribution in [2.24, 2.45) is 0 Å². The molecule has 0 spiro atoms. The zero-order valence-electron chi connectivity index (χ0n) is 10.7. The van der Waals surface area contributed by atoms with Crippen molar-refractivity contribution in [1.82, 2.24) is 25.2 Å². The van der Waals surface area contributed by atoms with Gasteiger partial charge < -0.3 is 9.42 Å². The summed E-state index contributed by atoms with van der Waals surface area (Å²) in [5.41, 5.74) is 1.91. The number of amides is 1. The Balaban J connectivity index is 1.78. The fourth-order valence-electron chi connectivity index (χ4n) is 2.34. The first-order valence-corrected chi connectivity index (χ1v) is 6.33. The Morgan fingerprint density at radius 3 is 3.11 bits per heavy atom. The Hall–Kier alpha value is -2.18. The number of fused-ring (bicyclic) bond motifs is 1. The fourth-order valence-corrected chi connectivity index (χ4v) is 2.34. The SMILES string of the molecule is CN(Cc1ncn[nH]1)C(=O)c1onc2c1CCCC2. The Morgan fingerprint density at radius 1 is 1.47 bits per heavy atom. The predicted molar refractivity (Wildman–Crippen MR) is 65.3 cm³/mol. The summed E-state index contributed by atoms with van der Waals surface area (Å²) in [6.07, 6.45) is 5.39. The first-order valence-electron chi connectivity index (χ1n) is 6.33. The maximum Gasteiger partial charge on any atom is 0.292 e. The number of rotatable bonds is 3. The molecule has 7 nitrogen and oxygen atoms in total. The molecule has 0 fully saturated rings. The molecule has 0 aromatic carbocycles. The van der Waals surface area contributed by atoms with Crippen LogP contribution in [0, 0.1) is 0 Å². The minimum atomic E-state index is -0.160. The largest absolute Gasteiger partial charge is 0.350 e. The summed E-state index contributed by atoms with van der Waals surface area (Å²) >= 11 is 0. The molecular weight excluding hydrogens is 246 g/mol. The summed E-state index contributed by atoms with van der Waals surface area (Å²) in [6, 6.07) is 0. The minimum Gasteiger partial charge on any atom is -0.350 e. The lowest BCUT2D eigenvalue weighted by Crippen LogP contribution is -2.27. The Morgan fingerprint density at radius 2 is 2.32 bits per heavy atom. The highest BCUT2D eigenvalue weighted by atomic mass is 16.5. The van der Waals surface area contributed by atoms with Crippen molar-refractivity contribution in [3.05, 3.63) is 29.2 Å². The zero-order valence-corrected chi connectivity index (χ0v) is 10.7. The maximum absolute atomic E-state index is 12.3. The van der Waals surface area contributed by atoms with Gasteiger partial charge in [-0.15, -0.1) is 0 Å². The number of nitrogens with zero attached hydrogens (tertiary/aromatic N) is 4. The molecule has 1 aliphatic rings. The number of aromatic amines is 1. The normalized spacial score (nSPS) is 14.2. The standard InChI is InChI=1S/C12H15N5O2/c1-17(6-10-13-7-14-15-10)12(18)11-8-4-2-3-5-9(8)16-19-11/h7H,2-6H2,1H3,(H,13,14,15). The lowest BCUT2D eigenvalue weighted by molar-refractivity contribution is 0.0738. The number of H-pyrrole nitrogens is 1. The highest BCUT2D eigenvalue weighted by Crippen LogP contribution is 2.24. The van der Waals surface area contributed by atoms with Crippen LogP contribution in [0.4, 0.5) is 0 Å². The Labute approximate surface area is 110 Å². The summed E-state index contributed by atoms with van der Waals surface area (Å²) in [7, 11) is 1.71. The van der Waals surface area contributed by atoms with E-state index in [1.165, 1.54) is 6.33 Å². The molecule has 0 atom stereocenters. The van der Waals surface area contributed by atoms with Gasteiger partial charge in [-0.3, -0.25) is 9.89 Å². The van der Waals surface area contributed by atoms with E-state index >= 15 is 0 Å². The molecule has 2 heterocycles. The molecule has 3 rings (SSSR count). The van der Waals surface area contributed by atoms with Crippen LogP contribution in [0.5, 0.6) is 0 Å². The molecular formula is C12H15N5O2. The van der Waals surface area contributed by atoms with Gasteiger partial charge in [-0.25, -0.2) is 4.98 Å². The molecule has 19 heavy (non-hydrogen) atoms. The number of aryl methyl sites for hydroxylation is 1. The number of carbonyl (C=O) groups is 1.